The molecule has 27 heavy (non-hydrogen) atoms. The fraction of sp³-hybridized carbons (Fsp3) is 0.571. The lowest BCUT2D eigenvalue weighted by atomic mass is 9.75. The maximum Gasteiger partial charge on any atom is 0.338 e. The minimum Gasteiger partial charge on any atom is -0.464 e. The van der Waals surface area contributed by atoms with Gasteiger partial charge in [0.05, 0.1) is 13.2 Å². The first-order chi connectivity index (χ1) is 13.1. The molecule has 0 saturated carbocycles. The third kappa shape index (κ3) is 4.05. The molecule has 1 aliphatic heterocycles. The molecule has 2 rings (SSSR count). The van der Waals surface area contributed by atoms with Gasteiger partial charge in [0.25, 0.3) is 0 Å². The molecule has 0 amide bonds. The molecule has 1 aromatic carbocycles. The predicted octanol–water partition coefficient (Wildman–Crippen LogP) is 2.82. The van der Waals surface area contributed by atoms with Gasteiger partial charge in [-0.15, -0.1) is 0 Å². The minimum atomic E-state index is -1.67. The molecule has 1 aliphatic rings. The molecule has 0 unspecified atom stereocenters. The highest BCUT2D eigenvalue weighted by Gasteiger charge is 2.64. The Balaban J connectivity index is 2.56. The SMILES string of the molecule is CCCC[C@@H]1[C@@H](C=O)[C@@H](c2ccccc2)NC1(C(=O)OCC)C(=O)OCC. The van der Waals surface area contributed by atoms with E-state index < -0.39 is 35.4 Å². The summed E-state index contributed by atoms with van der Waals surface area (Å²) < 4.78 is 10.5. The second-order valence-electron chi connectivity index (χ2n) is 6.74. The molecular formula is C21H29NO5. The van der Waals surface area contributed by atoms with E-state index in [1.165, 1.54) is 0 Å². The van der Waals surface area contributed by atoms with Crippen LogP contribution in [0.4, 0.5) is 0 Å². The van der Waals surface area contributed by atoms with Gasteiger partial charge in [-0.1, -0.05) is 50.1 Å². The monoisotopic (exact) mass is 375 g/mol. The maximum atomic E-state index is 13.0. The zero-order chi connectivity index (χ0) is 19.9. The summed E-state index contributed by atoms with van der Waals surface area (Å²) in [6, 6.07) is 8.93. The molecule has 148 valence electrons. The van der Waals surface area contributed by atoms with Gasteiger partial charge in [0.15, 0.2) is 0 Å². The number of nitrogens with one attached hydrogen (secondary N) is 1. The Labute approximate surface area is 160 Å². The van der Waals surface area contributed by atoms with Gasteiger partial charge in [0.2, 0.25) is 5.54 Å². The van der Waals surface area contributed by atoms with Crippen LogP contribution in [0.3, 0.4) is 0 Å². The Morgan fingerprint density at radius 3 is 2.15 bits per heavy atom. The lowest BCUT2D eigenvalue weighted by Gasteiger charge is -2.31. The van der Waals surface area contributed by atoms with E-state index in [1.54, 1.807) is 13.8 Å². The largest absolute Gasteiger partial charge is 0.464 e. The van der Waals surface area contributed by atoms with Crippen LogP contribution in [0.1, 0.15) is 51.6 Å². The molecule has 0 aromatic heterocycles. The van der Waals surface area contributed by atoms with Gasteiger partial charge in [-0.25, -0.2) is 9.59 Å². The van der Waals surface area contributed by atoms with Gasteiger partial charge in [-0.3, -0.25) is 5.32 Å². The van der Waals surface area contributed by atoms with Crippen LogP contribution >= 0.6 is 0 Å². The topological polar surface area (TPSA) is 81.7 Å². The molecule has 0 bridgehead atoms. The zero-order valence-electron chi connectivity index (χ0n) is 16.3. The third-order valence-electron chi connectivity index (χ3n) is 5.17. The number of hydrogen-bond donors (Lipinski definition) is 1. The number of unbranched alkanes of at least 4 members (excludes halogenated alkanes) is 1. The fourth-order valence-corrected chi connectivity index (χ4v) is 3.94. The molecular weight excluding hydrogens is 346 g/mol. The van der Waals surface area contributed by atoms with Crippen molar-refractivity contribution in [1.29, 1.82) is 0 Å². The first kappa shape index (κ1) is 21.1. The lowest BCUT2D eigenvalue weighted by Crippen LogP contribution is -2.60. The van der Waals surface area contributed by atoms with Gasteiger partial charge in [-0.05, 0) is 25.8 Å². The van der Waals surface area contributed by atoms with Crippen LogP contribution in [0.2, 0.25) is 0 Å². The van der Waals surface area contributed by atoms with Gasteiger partial charge in [-0.2, -0.15) is 0 Å². The summed E-state index contributed by atoms with van der Waals surface area (Å²) >= 11 is 0. The highest BCUT2D eigenvalue weighted by molar-refractivity contribution is 6.06. The van der Waals surface area contributed by atoms with E-state index in [2.05, 4.69) is 5.32 Å². The van der Waals surface area contributed by atoms with Crippen LogP contribution < -0.4 is 5.32 Å². The average Bonchev–Trinajstić information content (AvgIpc) is 3.02. The quantitative estimate of drug-likeness (QED) is 0.406. The number of carbonyl (C=O) groups is 3. The molecule has 1 N–H and O–H groups in total. The zero-order valence-corrected chi connectivity index (χ0v) is 16.3. The molecule has 3 atom stereocenters. The van der Waals surface area contributed by atoms with Crippen LogP contribution in [0.15, 0.2) is 30.3 Å². The number of carbonyl (C=O) groups excluding carboxylic acids is 3. The van der Waals surface area contributed by atoms with Gasteiger partial charge in [0, 0.05) is 17.9 Å². The lowest BCUT2D eigenvalue weighted by molar-refractivity contribution is -0.168. The van der Waals surface area contributed by atoms with Crippen molar-refractivity contribution < 1.29 is 23.9 Å². The van der Waals surface area contributed by atoms with Crippen molar-refractivity contribution in [1.82, 2.24) is 5.32 Å². The molecule has 0 spiro atoms. The molecule has 0 radical (unpaired) electrons. The molecule has 6 nitrogen and oxygen atoms in total. The van der Waals surface area contributed by atoms with Crippen LogP contribution in [0, 0.1) is 11.8 Å². The molecule has 1 aromatic rings. The Kier molecular flexibility index (Phi) is 7.54. The van der Waals surface area contributed by atoms with Crippen LogP contribution in [0.25, 0.3) is 0 Å². The van der Waals surface area contributed by atoms with Crippen molar-refractivity contribution in [2.75, 3.05) is 13.2 Å². The highest BCUT2D eigenvalue weighted by atomic mass is 16.6. The minimum absolute atomic E-state index is 0.143. The van der Waals surface area contributed by atoms with Gasteiger partial charge < -0.3 is 14.3 Å². The van der Waals surface area contributed by atoms with E-state index in [4.69, 9.17) is 9.47 Å². The highest BCUT2D eigenvalue weighted by Crippen LogP contribution is 2.46. The Hall–Kier alpha value is -2.21. The van der Waals surface area contributed by atoms with E-state index >= 15 is 0 Å². The summed E-state index contributed by atoms with van der Waals surface area (Å²) in [5.74, 6) is -2.41. The summed E-state index contributed by atoms with van der Waals surface area (Å²) in [5.41, 5.74) is -0.820. The Morgan fingerprint density at radius 2 is 1.67 bits per heavy atom. The van der Waals surface area contributed by atoms with Crippen molar-refractivity contribution >= 4 is 18.2 Å². The van der Waals surface area contributed by atoms with Crippen LogP contribution in [-0.2, 0) is 23.9 Å². The van der Waals surface area contributed by atoms with Crippen molar-refractivity contribution in [3.63, 3.8) is 0 Å². The number of rotatable bonds is 9. The van der Waals surface area contributed by atoms with Crippen LogP contribution in [-0.4, -0.2) is 37.0 Å². The first-order valence-electron chi connectivity index (χ1n) is 9.69. The smallest absolute Gasteiger partial charge is 0.338 e. The molecule has 6 heteroatoms. The summed E-state index contributed by atoms with van der Waals surface area (Å²) in [4.78, 5) is 38.1. The number of esters is 2. The van der Waals surface area contributed by atoms with Crippen molar-refractivity contribution in [2.24, 2.45) is 11.8 Å². The number of hydrogen-bond acceptors (Lipinski definition) is 6. The van der Waals surface area contributed by atoms with E-state index in [9.17, 15) is 14.4 Å². The predicted molar refractivity (Wildman–Crippen MR) is 101 cm³/mol. The normalized spacial score (nSPS) is 23.6. The molecule has 1 heterocycles. The average molecular weight is 375 g/mol. The van der Waals surface area contributed by atoms with E-state index in [0.717, 1.165) is 24.7 Å². The molecule has 1 fully saturated rings. The fourth-order valence-electron chi connectivity index (χ4n) is 3.94. The summed E-state index contributed by atoms with van der Waals surface area (Å²) in [6.07, 6.45) is 3.08. The Bertz CT molecular complexity index is 627. The van der Waals surface area contributed by atoms with E-state index in [1.807, 2.05) is 37.3 Å². The van der Waals surface area contributed by atoms with Gasteiger partial charge >= 0.3 is 11.9 Å². The summed E-state index contributed by atoms with van der Waals surface area (Å²) in [5, 5.41) is 3.17. The third-order valence-corrected chi connectivity index (χ3v) is 5.17. The Morgan fingerprint density at radius 1 is 1.07 bits per heavy atom. The number of ether oxygens (including phenoxy) is 2. The molecule has 1 saturated heterocycles. The molecule has 0 aliphatic carbocycles. The van der Waals surface area contributed by atoms with E-state index in [-0.39, 0.29) is 13.2 Å². The van der Waals surface area contributed by atoms with Crippen molar-refractivity contribution in [3.05, 3.63) is 35.9 Å². The summed E-state index contributed by atoms with van der Waals surface area (Å²) in [6.45, 7) is 5.70. The standard InChI is InChI=1S/C21H29NO5/c1-4-7-13-17-16(14-23)18(15-11-9-8-10-12-15)22-21(17,19(24)26-5-2)20(25)27-6-3/h8-12,14,16-18,22H,4-7,13H2,1-3H3/t16-,17-,18-/m1/s1. The second kappa shape index (κ2) is 9.65. The van der Waals surface area contributed by atoms with Crippen LogP contribution in [0.5, 0.6) is 0 Å². The first-order valence-corrected chi connectivity index (χ1v) is 9.69. The van der Waals surface area contributed by atoms with Crippen molar-refractivity contribution in [3.8, 4) is 0 Å². The maximum absolute atomic E-state index is 13.0. The summed E-state index contributed by atoms with van der Waals surface area (Å²) in [7, 11) is 0. The van der Waals surface area contributed by atoms with Crippen molar-refractivity contribution in [2.45, 2.75) is 51.6 Å². The number of benzene rings is 1. The van der Waals surface area contributed by atoms with E-state index in [0.29, 0.717) is 6.42 Å². The van der Waals surface area contributed by atoms with Gasteiger partial charge in [0.1, 0.15) is 6.29 Å². The second-order valence-corrected chi connectivity index (χ2v) is 6.74. The number of aldehydes is 1.